The van der Waals surface area contributed by atoms with Gasteiger partial charge in [-0.05, 0) is 53.3 Å². The molecular formula is C9H13IN2. The zero-order valence-corrected chi connectivity index (χ0v) is 8.99. The van der Waals surface area contributed by atoms with Gasteiger partial charge in [-0.15, -0.1) is 0 Å². The molecule has 0 heterocycles. The van der Waals surface area contributed by atoms with Gasteiger partial charge < -0.3 is 11.5 Å². The summed E-state index contributed by atoms with van der Waals surface area (Å²) in [5.41, 5.74) is 12.5. The number of hydrogen-bond acceptors (Lipinski definition) is 2. The average Bonchev–Trinajstić information content (AvgIpc) is 2.05. The summed E-state index contributed by atoms with van der Waals surface area (Å²) in [6.45, 7) is 0.645. The highest BCUT2D eigenvalue weighted by atomic mass is 127. The fourth-order valence-electron chi connectivity index (χ4n) is 1.08. The number of nitrogens with two attached hydrogens (primary N) is 2. The molecule has 0 spiro atoms. The van der Waals surface area contributed by atoms with E-state index in [-0.39, 0.29) is 6.04 Å². The summed E-state index contributed by atoms with van der Waals surface area (Å²) in [5.74, 6) is 0. The minimum Gasteiger partial charge on any atom is -0.330 e. The predicted octanol–water partition coefficient (Wildman–Crippen LogP) is 1.64. The summed E-state index contributed by atoms with van der Waals surface area (Å²) in [6, 6.07) is 8.31. The fourth-order valence-corrected chi connectivity index (χ4v) is 1.65. The van der Waals surface area contributed by atoms with E-state index in [2.05, 4.69) is 34.7 Å². The number of hydrogen-bond donors (Lipinski definition) is 2. The van der Waals surface area contributed by atoms with Crippen LogP contribution in [0.4, 0.5) is 0 Å². The third-order valence-electron chi connectivity index (χ3n) is 1.75. The molecule has 0 fully saturated rings. The molecule has 0 amide bonds. The Morgan fingerprint density at radius 1 is 1.42 bits per heavy atom. The summed E-state index contributed by atoms with van der Waals surface area (Å²) in [5, 5.41) is 0. The van der Waals surface area contributed by atoms with Crippen LogP contribution in [0.1, 0.15) is 18.0 Å². The lowest BCUT2D eigenvalue weighted by atomic mass is 10.1. The Morgan fingerprint density at radius 2 is 2.17 bits per heavy atom. The fraction of sp³-hybridized carbons (Fsp3) is 0.333. The molecular weight excluding hydrogens is 263 g/mol. The number of rotatable bonds is 3. The van der Waals surface area contributed by atoms with Crippen molar-refractivity contribution >= 4 is 22.6 Å². The van der Waals surface area contributed by atoms with Crippen molar-refractivity contribution in [2.24, 2.45) is 11.5 Å². The Morgan fingerprint density at radius 3 is 2.75 bits per heavy atom. The topological polar surface area (TPSA) is 52.0 Å². The van der Waals surface area contributed by atoms with Gasteiger partial charge in [0, 0.05) is 9.61 Å². The van der Waals surface area contributed by atoms with Crippen molar-refractivity contribution in [1.29, 1.82) is 0 Å². The van der Waals surface area contributed by atoms with Crippen molar-refractivity contribution in [3.05, 3.63) is 33.4 Å². The lowest BCUT2D eigenvalue weighted by molar-refractivity contribution is 0.661. The quantitative estimate of drug-likeness (QED) is 0.825. The van der Waals surface area contributed by atoms with Gasteiger partial charge in [0.1, 0.15) is 0 Å². The van der Waals surface area contributed by atoms with Gasteiger partial charge in [0.25, 0.3) is 0 Å². The maximum absolute atomic E-state index is 5.89. The van der Waals surface area contributed by atoms with Crippen molar-refractivity contribution in [2.75, 3.05) is 6.54 Å². The van der Waals surface area contributed by atoms with E-state index in [1.807, 2.05) is 12.1 Å². The van der Waals surface area contributed by atoms with E-state index >= 15 is 0 Å². The molecule has 0 radical (unpaired) electrons. The maximum Gasteiger partial charge on any atom is 0.0307 e. The minimum atomic E-state index is 0.0877. The van der Waals surface area contributed by atoms with Crippen LogP contribution in [0, 0.1) is 3.57 Å². The van der Waals surface area contributed by atoms with Gasteiger partial charge in [0.05, 0.1) is 0 Å². The molecule has 1 rings (SSSR count). The second-order valence-corrected chi connectivity index (χ2v) is 3.98. The average molecular weight is 276 g/mol. The summed E-state index contributed by atoms with van der Waals surface area (Å²) in [4.78, 5) is 0. The highest BCUT2D eigenvalue weighted by molar-refractivity contribution is 14.1. The second kappa shape index (κ2) is 4.79. The molecule has 0 unspecified atom stereocenters. The first kappa shape index (κ1) is 9.95. The van der Waals surface area contributed by atoms with Crippen LogP contribution in [0.3, 0.4) is 0 Å². The SMILES string of the molecule is NCC[C@H](N)c1cccc(I)c1. The van der Waals surface area contributed by atoms with Crippen molar-refractivity contribution in [3.63, 3.8) is 0 Å². The van der Waals surface area contributed by atoms with E-state index in [0.29, 0.717) is 6.54 Å². The zero-order valence-electron chi connectivity index (χ0n) is 6.83. The maximum atomic E-state index is 5.89. The van der Waals surface area contributed by atoms with E-state index in [9.17, 15) is 0 Å². The van der Waals surface area contributed by atoms with Gasteiger partial charge in [0.2, 0.25) is 0 Å². The Hall–Kier alpha value is -0.130. The standard InChI is InChI=1S/C9H13IN2/c10-8-3-1-2-7(6-8)9(12)4-5-11/h1-3,6,9H,4-5,11-12H2/t9-/m0/s1. The smallest absolute Gasteiger partial charge is 0.0307 e. The molecule has 66 valence electrons. The number of benzene rings is 1. The van der Waals surface area contributed by atoms with Crippen LogP contribution >= 0.6 is 22.6 Å². The van der Waals surface area contributed by atoms with Crippen molar-refractivity contribution in [2.45, 2.75) is 12.5 Å². The van der Waals surface area contributed by atoms with Crippen LogP contribution in [0.2, 0.25) is 0 Å². The minimum absolute atomic E-state index is 0.0877. The Kier molecular flexibility index (Phi) is 3.97. The van der Waals surface area contributed by atoms with Crippen molar-refractivity contribution < 1.29 is 0 Å². The zero-order chi connectivity index (χ0) is 8.97. The summed E-state index contributed by atoms with van der Waals surface area (Å²) < 4.78 is 1.22. The third kappa shape index (κ3) is 2.73. The van der Waals surface area contributed by atoms with Gasteiger partial charge in [-0.1, -0.05) is 12.1 Å². The van der Waals surface area contributed by atoms with E-state index in [0.717, 1.165) is 6.42 Å². The van der Waals surface area contributed by atoms with E-state index in [1.165, 1.54) is 9.13 Å². The van der Waals surface area contributed by atoms with Crippen LogP contribution in [-0.4, -0.2) is 6.54 Å². The molecule has 0 aliphatic rings. The molecule has 0 bridgehead atoms. The monoisotopic (exact) mass is 276 g/mol. The van der Waals surface area contributed by atoms with E-state index in [4.69, 9.17) is 11.5 Å². The highest BCUT2D eigenvalue weighted by Gasteiger charge is 2.03. The normalized spacial score (nSPS) is 12.9. The molecule has 1 atom stereocenters. The van der Waals surface area contributed by atoms with E-state index in [1.54, 1.807) is 0 Å². The first-order valence-corrected chi connectivity index (χ1v) is 5.03. The molecule has 0 aromatic heterocycles. The second-order valence-electron chi connectivity index (χ2n) is 2.74. The first-order valence-electron chi connectivity index (χ1n) is 3.95. The van der Waals surface area contributed by atoms with Gasteiger partial charge in [0.15, 0.2) is 0 Å². The molecule has 3 heteroatoms. The van der Waals surface area contributed by atoms with E-state index < -0.39 is 0 Å². The van der Waals surface area contributed by atoms with Gasteiger partial charge >= 0.3 is 0 Å². The first-order chi connectivity index (χ1) is 5.74. The van der Waals surface area contributed by atoms with Gasteiger partial charge in [-0.3, -0.25) is 0 Å². The third-order valence-corrected chi connectivity index (χ3v) is 2.43. The molecule has 12 heavy (non-hydrogen) atoms. The van der Waals surface area contributed by atoms with Crippen molar-refractivity contribution in [3.8, 4) is 0 Å². The lowest BCUT2D eigenvalue weighted by Crippen LogP contribution is -2.15. The Balaban J connectivity index is 2.73. The summed E-state index contributed by atoms with van der Waals surface area (Å²) in [7, 11) is 0. The Labute approximate surface area is 86.5 Å². The molecule has 0 aliphatic carbocycles. The molecule has 1 aromatic carbocycles. The van der Waals surface area contributed by atoms with Crippen LogP contribution in [0.15, 0.2) is 24.3 Å². The summed E-state index contributed by atoms with van der Waals surface area (Å²) >= 11 is 2.28. The lowest BCUT2D eigenvalue weighted by Gasteiger charge is -2.10. The molecule has 1 aromatic rings. The molecule has 0 saturated heterocycles. The van der Waals surface area contributed by atoms with Crippen LogP contribution in [0.5, 0.6) is 0 Å². The highest BCUT2D eigenvalue weighted by Crippen LogP contribution is 2.15. The molecule has 2 nitrogen and oxygen atoms in total. The van der Waals surface area contributed by atoms with Crippen molar-refractivity contribution in [1.82, 2.24) is 0 Å². The molecule has 0 aliphatic heterocycles. The number of halogens is 1. The predicted molar refractivity (Wildman–Crippen MR) is 59.8 cm³/mol. The van der Waals surface area contributed by atoms with Crippen LogP contribution < -0.4 is 11.5 Å². The Bertz CT molecular complexity index is 250. The van der Waals surface area contributed by atoms with Gasteiger partial charge in [-0.25, -0.2) is 0 Å². The largest absolute Gasteiger partial charge is 0.330 e. The summed E-state index contributed by atoms with van der Waals surface area (Å²) in [6.07, 6.45) is 0.847. The van der Waals surface area contributed by atoms with Gasteiger partial charge in [-0.2, -0.15) is 0 Å². The molecule has 0 saturated carbocycles. The van der Waals surface area contributed by atoms with Crippen LogP contribution in [-0.2, 0) is 0 Å². The van der Waals surface area contributed by atoms with Crippen LogP contribution in [0.25, 0.3) is 0 Å². The molecule has 4 N–H and O–H groups in total.